The third kappa shape index (κ3) is 7.32. The molecule has 88 valence electrons. The van der Waals surface area contributed by atoms with Gasteiger partial charge >= 0.3 is 0 Å². The maximum Gasteiger partial charge on any atom is 0.108 e. The fourth-order valence-corrected chi connectivity index (χ4v) is 1.37. The summed E-state index contributed by atoms with van der Waals surface area (Å²) in [7, 11) is 0. The molecule has 0 radical (unpaired) electrons. The minimum absolute atomic E-state index is 0.0726. The molecule has 0 amide bonds. The van der Waals surface area contributed by atoms with Crippen molar-refractivity contribution in [2.75, 3.05) is 39.4 Å². The van der Waals surface area contributed by atoms with E-state index in [1.165, 1.54) is 0 Å². The van der Waals surface area contributed by atoms with Crippen LogP contribution in [-0.2, 0) is 4.74 Å². The summed E-state index contributed by atoms with van der Waals surface area (Å²) in [6, 6.07) is 2.19. The lowest BCUT2D eigenvalue weighted by Crippen LogP contribution is -2.41. The van der Waals surface area contributed by atoms with Crippen LogP contribution in [0.15, 0.2) is 0 Å². The third-order valence-electron chi connectivity index (χ3n) is 2.25. The summed E-state index contributed by atoms with van der Waals surface area (Å²) in [6.07, 6.45) is 0. The molecule has 0 aliphatic rings. The highest BCUT2D eigenvalue weighted by Gasteiger charge is 2.10. The molecule has 0 aromatic rings. The molecule has 0 aliphatic heterocycles. The first-order valence-corrected chi connectivity index (χ1v) is 5.71. The van der Waals surface area contributed by atoms with Gasteiger partial charge in [-0.3, -0.25) is 4.90 Å². The van der Waals surface area contributed by atoms with Gasteiger partial charge in [-0.05, 0) is 20.0 Å². The summed E-state index contributed by atoms with van der Waals surface area (Å²) in [4.78, 5) is 2.23. The Hall–Kier alpha value is -0.630. The molecule has 0 rings (SSSR count). The van der Waals surface area contributed by atoms with E-state index in [9.17, 15) is 0 Å². The highest BCUT2D eigenvalue weighted by Crippen LogP contribution is 1.92. The van der Waals surface area contributed by atoms with Gasteiger partial charge in [0.2, 0.25) is 0 Å². The molecule has 1 N–H and O–H groups in total. The normalized spacial score (nSPS) is 12.7. The van der Waals surface area contributed by atoms with Gasteiger partial charge in [-0.15, -0.1) is 0 Å². The summed E-state index contributed by atoms with van der Waals surface area (Å²) in [6.45, 7) is 11.1. The van der Waals surface area contributed by atoms with Gasteiger partial charge in [0.05, 0.1) is 12.7 Å². The van der Waals surface area contributed by atoms with E-state index in [0.717, 1.165) is 39.4 Å². The van der Waals surface area contributed by atoms with Crippen molar-refractivity contribution in [1.82, 2.24) is 10.2 Å². The molecule has 1 unspecified atom stereocenters. The quantitative estimate of drug-likeness (QED) is 0.577. The number of nitrogens with one attached hydrogen (secondary N) is 1. The minimum Gasteiger partial charge on any atom is -0.380 e. The van der Waals surface area contributed by atoms with E-state index in [0.29, 0.717) is 0 Å². The average Bonchev–Trinajstić information content (AvgIpc) is 2.26. The fourth-order valence-electron chi connectivity index (χ4n) is 1.37. The second kappa shape index (κ2) is 9.91. The predicted octanol–water partition coefficient (Wildman–Crippen LogP) is 0.846. The Kier molecular flexibility index (Phi) is 9.49. The Balaban J connectivity index is 3.80. The van der Waals surface area contributed by atoms with Gasteiger partial charge in [0.15, 0.2) is 0 Å². The topological polar surface area (TPSA) is 48.3 Å². The van der Waals surface area contributed by atoms with Gasteiger partial charge in [0.1, 0.15) is 6.04 Å². The number of rotatable bonds is 9. The zero-order chi connectivity index (χ0) is 11.5. The van der Waals surface area contributed by atoms with Crippen LogP contribution in [0, 0.1) is 11.3 Å². The van der Waals surface area contributed by atoms with Crippen molar-refractivity contribution in [3.63, 3.8) is 0 Å². The molecule has 0 spiro atoms. The predicted molar refractivity (Wildman–Crippen MR) is 61.7 cm³/mol. The monoisotopic (exact) mass is 213 g/mol. The Morgan fingerprint density at radius 1 is 1.40 bits per heavy atom. The maximum absolute atomic E-state index is 8.90. The molecule has 4 nitrogen and oxygen atoms in total. The van der Waals surface area contributed by atoms with E-state index >= 15 is 0 Å². The van der Waals surface area contributed by atoms with Crippen LogP contribution < -0.4 is 5.32 Å². The van der Waals surface area contributed by atoms with Crippen LogP contribution in [0.1, 0.15) is 20.8 Å². The molecule has 0 saturated heterocycles. The van der Waals surface area contributed by atoms with Crippen molar-refractivity contribution >= 4 is 0 Å². The smallest absolute Gasteiger partial charge is 0.108 e. The van der Waals surface area contributed by atoms with Gasteiger partial charge in [0, 0.05) is 19.7 Å². The number of likely N-dealkylation sites (N-methyl/N-ethyl adjacent to an activating group) is 2. The Labute approximate surface area is 93.2 Å². The lowest BCUT2D eigenvalue weighted by atomic mass is 10.3. The van der Waals surface area contributed by atoms with Crippen molar-refractivity contribution in [2.24, 2.45) is 0 Å². The average molecular weight is 213 g/mol. The molecule has 0 aliphatic carbocycles. The molecule has 0 saturated carbocycles. The second-order valence-electron chi connectivity index (χ2n) is 3.33. The van der Waals surface area contributed by atoms with Crippen molar-refractivity contribution < 1.29 is 4.74 Å². The molecule has 4 heteroatoms. The van der Waals surface area contributed by atoms with Crippen LogP contribution in [0.4, 0.5) is 0 Å². The summed E-state index contributed by atoms with van der Waals surface area (Å²) >= 11 is 0. The lowest BCUT2D eigenvalue weighted by Gasteiger charge is -2.23. The Morgan fingerprint density at radius 2 is 2.13 bits per heavy atom. The van der Waals surface area contributed by atoms with Gasteiger partial charge < -0.3 is 10.1 Å². The van der Waals surface area contributed by atoms with Gasteiger partial charge in [0.25, 0.3) is 0 Å². The molecule has 0 bridgehead atoms. The fraction of sp³-hybridized carbons (Fsp3) is 0.909. The molecule has 1 atom stereocenters. The molecule has 0 heterocycles. The zero-order valence-corrected chi connectivity index (χ0v) is 10.1. The maximum atomic E-state index is 8.90. The van der Waals surface area contributed by atoms with Gasteiger partial charge in [-0.1, -0.05) is 13.8 Å². The number of hydrogen-bond acceptors (Lipinski definition) is 4. The van der Waals surface area contributed by atoms with Crippen molar-refractivity contribution in [3.8, 4) is 6.07 Å². The number of ether oxygens (including phenoxy) is 1. The standard InChI is InChI=1S/C11H23N3O/c1-4-13-11(9-12)10-14(5-2)7-8-15-6-3/h11,13H,4-8,10H2,1-3H3. The summed E-state index contributed by atoms with van der Waals surface area (Å²) < 4.78 is 5.30. The molecule has 0 fully saturated rings. The third-order valence-corrected chi connectivity index (χ3v) is 2.25. The van der Waals surface area contributed by atoms with Gasteiger partial charge in [-0.25, -0.2) is 0 Å². The summed E-state index contributed by atoms with van der Waals surface area (Å²) in [5, 5.41) is 12.0. The number of hydrogen-bond donors (Lipinski definition) is 1. The molecule has 15 heavy (non-hydrogen) atoms. The Morgan fingerprint density at radius 3 is 2.60 bits per heavy atom. The van der Waals surface area contributed by atoms with E-state index in [-0.39, 0.29) is 6.04 Å². The summed E-state index contributed by atoms with van der Waals surface area (Å²) in [5.41, 5.74) is 0. The first-order chi connectivity index (χ1) is 7.28. The van der Waals surface area contributed by atoms with Crippen LogP contribution in [0.2, 0.25) is 0 Å². The first kappa shape index (κ1) is 14.4. The second-order valence-corrected chi connectivity index (χ2v) is 3.33. The van der Waals surface area contributed by atoms with Crippen LogP contribution >= 0.6 is 0 Å². The lowest BCUT2D eigenvalue weighted by molar-refractivity contribution is 0.113. The SMILES string of the molecule is CCNC(C#N)CN(CC)CCOCC. The number of nitrogens with zero attached hydrogens (tertiary/aromatic N) is 2. The number of nitriles is 1. The van der Waals surface area contributed by atoms with Crippen molar-refractivity contribution in [1.29, 1.82) is 5.26 Å². The van der Waals surface area contributed by atoms with Gasteiger partial charge in [-0.2, -0.15) is 5.26 Å². The first-order valence-electron chi connectivity index (χ1n) is 5.71. The molecular weight excluding hydrogens is 190 g/mol. The van der Waals surface area contributed by atoms with Crippen molar-refractivity contribution in [3.05, 3.63) is 0 Å². The van der Waals surface area contributed by atoms with E-state index in [1.54, 1.807) is 0 Å². The largest absolute Gasteiger partial charge is 0.380 e. The minimum atomic E-state index is -0.0726. The van der Waals surface area contributed by atoms with E-state index < -0.39 is 0 Å². The van der Waals surface area contributed by atoms with Crippen LogP contribution in [0.5, 0.6) is 0 Å². The van der Waals surface area contributed by atoms with Crippen LogP contribution in [0.25, 0.3) is 0 Å². The molecule has 0 aromatic carbocycles. The highest BCUT2D eigenvalue weighted by atomic mass is 16.5. The van der Waals surface area contributed by atoms with Crippen molar-refractivity contribution in [2.45, 2.75) is 26.8 Å². The van der Waals surface area contributed by atoms with Crippen LogP contribution in [0.3, 0.4) is 0 Å². The zero-order valence-electron chi connectivity index (χ0n) is 10.1. The van der Waals surface area contributed by atoms with E-state index in [4.69, 9.17) is 10.00 Å². The molecular formula is C11H23N3O. The highest BCUT2D eigenvalue weighted by molar-refractivity contribution is 4.91. The van der Waals surface area contributed by atoms with E-state index in [1.807, 2.05) is 13.8 Å². The Bertz CT molecular complexity index is 179. The summed E-state index contributed by atoms with van der Waals surface area (Å²) in [5.74, 6) is 0. The molecule has 0 aromatic heterocycles. The van der Waals surface area contributed by atoms with E-state index in [2.05, 4.69) is 23.2 Å². The van der Waals surface area contributed by atoms with Crippen LogP contribution in [-0.4, -0.2) is 50.3 Å².